The number of hydrogen-bond donors (Lipinski definition) is 2. The van der Waals surface area contributed by atoms with E-state index in [0.717, 1.165) is 10.4 Å². The lowest BCUT2D eigenvalue weighted by Gasteiger charge is -2.17. The number of aromatic nitrogens is 1. The molecule has 1 aliphatic carbocycles. The van der Waals surface area contributed by atoms with Crippen molar-refractivity contribution in [3.8, 4) is 10.6 Å². The summed E-state index contributed by atoms with van der Waals surface area (Å²) in [7, 11) is 0. The van der Waals surface area contributed by atoms with Crippen LogP contribution in [0.2, 0.25) is 0 Å². The molecule has 0 fully saturated rings. The van der Waals surface area contributed by atoms with E-state index in [4.69, 9.17) is 15.4 Å². The predicted molar refractivity (Wildman–Crippen MR) is 57.4 cm³/mol. The quantitative estimate of drug-likeness (QED) is 0.785. The van der Waals surface area contributed by atoms with Crippen molar-refractivity contribution in [1.82, 2.24) is 5.16 Å². The fourth-order valence-corrected chi connectivity index (χ4v) is 2.92. The van der Waals surface area contributed by atoms with Crippen LogP contribution in [0.25, 0.3) is 10.6 Å². The lowest BCUT2D eigenvalue weighted by atomic mass is 9.91. The predicted octanol–water partition coefficient (Wildman–Crippen LogP) is 1.66. The molecule has 3 N–H and O–H groups in total. The second-order valence-electron chi connectivity index (χ2n) is 3.66. The van der Waals surface area contributed by atoms with Gasteiger partial charge in [0.15, 0.2) is 11.5 Å². The van der Waals surface area contributed by atoms with Crippen molar-refractivity contribution < 1.29 is 14.4 Å². The molecule has 2 aromatic heterocycles. The highest BCUT2D eigenvalue weighted by atomic mass is 32.1. The van der Waals surface area contributed by atoms with Gasteiger partial charge in [-0.25, -0.2) is 4.79 Å². The minimum absolute atomic E-state index is 0.0680. The molecule has 0 amide bonds. The summed E-state index contributed by atoms with van der Waals surface area (Å²) >= 11 is 1.51. The Labute approximate surface area is 94.5 Å². The molecule has 16 heavy (non-hydrogen) atoms. The average molecular weight is 236 g/mol. The SMILES string of the molecule is NC1Cc2ccsc2-c2onc(C(=O)O)c21. The van der Waals surface area contributed by atoms with Crippen LogP contribution >= 0.6 is 11.3 Å². The minimum Gasteiger partial charge on any atom is -0.476 e. The van der Waals surface area contributed by atoms with Gasteiger partial charge in [0.2, 0.25) is 0 Å². The Morgan fingerprint density at radius 2 is 2.50 bits per heavy atom. The summed E-state index contributed by atoms with van der Waals surface area (Å²) in [5.74, 6) is -0.582. The van der Waals surface area contributed by atoms with Crippen molar-refractivity contribution in [3.05, 3.63) is 28.3 Å². The number of carbonyl (C=O) groups is 1. The maximum absolute atomic E-state index is 11.0. The maximum Gasteiger partial charge on any atom is 0.358 e. The monoisotopic (exact) mass is 236 g/mol. The van der Waals surface area contributed by atoms with E-state index in [1.807, 2.05) is 11.4 Å². The molecule has 0 radical (unpaired) electrons. The topological polar surface area (TPSA) is 89.4 Å². The van der Waals surface area contributed by atoms with Crippen molar-refractivity contribution >= 4 is 17.3 Å². The third-order valence-corrected chi connectivity index (χ3v) is 3.65. The van der Waals surface area contributed by atoms with Crippen molar-refractivity contribution in [3.63, 3.8) is 0 Å². The second-order valence-corrected chi connectivity index (χ2v) is 4.58. The molecule has 1 atom stereocenters. The first-order valence-corrected chi connectivity index (χ1v) is 5.61. The highest BCUT2D eigenvalue weighted by Gasteiger charge is 2.33. The van der Waals surface area contributed by atoms with Crippen molar-refractivity contribution in [1.29, 1.82) is 0 Å². The lowest BCUT2D eigenvalue weighted by Crippen LogP contribution is -2.19. The first kappa shape index (κ1) is 9.56. The lowest BCUT2D eigenvalue weighted by molar-refractivity contribution is 0.0684. The second kappa shape index (κ2) is 3.16. The van der Waals surface area contributed by atoms with Gasteiger partial charge in [0, 0.05) is 6.04 Å². The smallest absolute Gasteiger partial charge is 0.358 e. The molecular weight excluding hydrogens is 228 g/mol. The molecule has 0 bridgehead atoms. The van der Waals surface area contributed by atoms with Gasteiger partial charge in [-0.2, -0.15) is 0 Å². The van der Waals surface area contributed by atoms with E-state index in [1.165, 1.54) is 11.3 Å². The summed E-state index contributed by atoms with van der Waals surface area (Å²) in [4.78, 5) is 11.9. The van der Waals surface area contributed by atoms with E-state index in [-0.39, 0.29) is 11.7 Å². The minimum atomic E-state index is -1.10. The Balaban J connectivity index is 2.27. The highest BCUT2D eigenvalue weighted by molar-refractivity contribution is 7.13. The first-order chi connectivity index (χ1) is 7.68. The van der Waals surface area contributed by atoms with Crippen LogP contribution in [0.5, 0.6) is 0 Å². The number of hydrogen-bond acceptors (Lipinski definition) is 5. The Morgan fingerprint density at radius 1 is 1.69 bits per heavy atom. The fourth-order valence-electron chi connectivity index (χ4n) is 1.99. The third kappa shape index (κ3) is 1.14. The molecule has 2 heterocycles. The van der Waals surface area contributed by atoms with Crippen LogP contribution in [0.15, 0.2) is 16.0 Å². The summed E-state index contributed by atoms with van der Waals surface area (Å²) in [5, 5.41) is 14.5. The number of nitrogens with zero attached hydrogens (tertiary/aromatic N) is 1. The maximum atomic E-state index is 11.0. The van der Waals surface area contributed by atoms with Gasteiger partial charge in [-0.15, -0.1) is 11.3 Å². The van der Waals surface area contributed by atoms with E-state index in [1.54, 1.807) is 0 Å². The number of rotatable bonds is 1. The van der Waals surface area contributed by atoms with Crippen LogP contribution < -0.4 is 5.73 Å². The molecule has 0 saturated heterocycles. The molecule has 0 spiro atoms. The number of nitrogens with two attached hydrogens (primary N) is 1. The number of carboxylic acids is 1. The summed E-state index contributed by atoms with van der Waals surface area (Å²) in [6.07, 6.45) is 0.632. The number of carboxylic acid groups (broad SMARTS) is 1. The number of aromatic carboxylic acids is 1. The molecule has 5 nitrogen and oxygen atoms in total. The van der Waals surface area contributed by atoms with Crippen LogP contribution in [0, 0.1) is 0 Å². The number of thiophene rings is 1. The van der Waals surface area contributed by atoms with Crippen LogP contribution in [-0.4, -0.2) is 16.2 Å². The van der Waals surface area contributed by atoms with Gasteiger partial charge in [-0.05, 0) is 23.4 Å². The van der Waals surface area contributed by atoms with Crippen LogP contribution in [0.3, 0.4) is 0 Å². The Hall–Kier alpha value is -1.66. The summed E-state index contributed by atoms with van der Waals surface area (Å²) < 4.78 is 5.10. The molecule has 2 aromatic rings. The van der Waals surface area contributed by atoms with Crippen molar-refractivity contribution in [2.75, 3.05) is 0 Å². The fraction of sp³-hybridized carbons (Fsp3) is 0.200. The largest absolute Gasteiger partial charge is 0.476 e. The van der Waals surface area contributed by atoms with Gasteiger partial charge in [0.05, 0.1) is 10.4 Å². The summed E-state index contributed by atoms with van der Waals surface area (Å²) in [6, 6.07) is 1.63. The van der Waals surface area contributed by atoms with Crippen molar-refractivity contribution in [2.24, 2.45) is 5.73 Å². The van der Waals surface area contributed by atoms with Gasteiger partial charge in [0.25, 0.3) is 0 Å². The first-order valence-electron chi connectivity index (χ1n) is 4.73. The molecule has 0 saturated carbocycles. The molecule has 0 aromatic carbocycles. The van der Waals surface area contributed by atoms with Gasteiger partial charge >= 0.3 is 5.97 Å². The zero-order valence-corrected chi connectivity index (χ0v) is 8.95. The summed E-state index contributed by atoms with van der Waals surface area (Å²) in [5.41, 5.74) is 7.49. The van der Waals surface area contributed by atoms with Gasteiger partial charge in [0.1, 0.15) is 0 Å². The van der Waals surface area contributed by atoms with E-state index in [2.05, 4.69) is 5.16 Å². The standard InChI is InChI=1S/C10H8N2O3S/c11-5-3-4-1-2-16-9(4)8-6(5)7(10(13)14)12-15-8/h1-2,5H,3,11H2,(H,13,14). The molecule has 6 heteroatoms. The highest BCUT2D eigenvalue weighted by Crippen LogP contribution is 2.42. The zero-order chi connectivity index (χ0) is 11.3. The molecule has 1 unspecified atom stereocenters. The normalized spacial score (nSPS) is 17.9. The molecular formula is C10H8N2O3S. The van der Waals surface area contributed by atoms with Crippen LogP contribution in [-0.2, 0) is 6.42 Å². The third-order valence-electron chi connectivity index (χ3n) is 2.69. The van der Waals surface area contributed by atoms with Gasteiger partial charge in [-0.1, -0.05) is 5.16 Å². The average Bonchev–Trinajstić information content (AvgIpc) is 2.80. The van der Waals surface area contributed by atoms with E-state index in [0.29, 0.717) is 17.7 Å². The van der Waals surface area contributed by atoms with Gasteiger partial charge in [-0.3, -0.25) is 0 Å². The van der Waals surface area contributed by atoms with E-state index >= 15 is 0 Å². The van der Waals surface area contributed by atoms with E-state index < -0.39 is 5.97 Å². The Morgan fingerprint density at radius 3 is 3.25 bits per heavy atom. The van der Waals surface area contributed by atoms with E-state index in [9.17, 15) is 4.79 Å². The number of fused-ring (bicyclic) bond motifs is 3. The molecule has 82 valence electrons. The van der Waals surface area contributed by atoms with Crippen molar-refractivity contribution in [2.45, 2.75) is 12.5 Å². The summed E-state index contributed by atoms with van der Waals surface area (Å²) in [6.45, 7) is 0. The Bertz CT molecular complexity index is 572. The molecule has 1 aliphatic rings. The zero-order valence-electron chi connectivity index (χ0n) is 8.14. The Kier molecular flexibility index (Phi) is 1.89. The molecule has 3 rings (SSSR count). The van der Waals surface area contributed by atoms with Gasteiger partial charge < -0.3 is 15.4 Å². The van der Waals surface area contributed by atoms with Crippen LogP contribution in [0.1, 0.15) is 27.7 Å². The molecule has 0 aliphatic heterocycles. The van der Waals surface area contributed by atoms with Crippen LogP contribution in [0.4, 0.5) is 0 Å².